The van der Waals surface area contributed by atoms with Gasteiger partial charge in [-0.3, -0.25) is 0 Å². The predicted octanol–water partition coefficient (Wildman–Crippen LogP) is 7.96. The van der Waals surface area contributed by atoms with Gasteiger partial charge in [0.2, 0.25) is 0 Å². The van der Waals surface area contributed by atoms with E-state index in [1.807, 2.05) is 30.3 Å². The molecule has 0 unspecified atom stereocenters. The molecular weight excluding hydrogens is 510 g/mol. The maximum absolute atomic E-state index is 13.5. The molecule has 0 spiro atoms. The fourth-order valence-corrected chi connectivity index (χ4v) is 10.9. The van der Waals surface area contributed by atoms with Crippen molar-refractivity contribution in [2.75, 3.05) is 0 Å². The Morgan fingerprint density at radius 2 is 1.18 bits per heavy atom. The molecule has 4 rings (SSSR count). The van der Waals surface area contributed by atoms with Gasteiger partial charge in [0.25, 0.3) is 0 Å². The third-order valence-electron chi connectivity index (χ3n) is 4.43. The first kappa shape index (κ1) is 23.9. The van der Waals surface area contributed by atoms with Crippen LogP contribution in [0.15, 0.2) is 126 Å². The van der Waals surface area contributed by atoms with Crippen LogP contribution in [0.25, 0.3) is 0 Å². The lowest BCUT2D eigenvalue weighted by molar-refractivity contribution is -0.0496. The number of hydrogen-bond donors (Lipinski definition) is 0. The first-order chi connectivity index (χ1) is 15.7. The van der Waals surface area contributed by atoms with Crippen molar-refractivity contribution in [2.24, 2.45) is 0 Å². The van der Waals surface area contributed by atoms with Crippen LogP contribution in [-0.2, 0) is 13.7 Å². The molecule has 3 aromatic carbocycles. The predicted molar refractivity (Wildman–Crippen MR) is 126 cm³/mol. The van der Waals surface area contributed by atoms with E-state index in [1.54, 1.807) is 72.8 Å². The van der Waals surface area contributed by atoms with Gasteiger partial charge in [0.15, 0.2) is 0 Å². The largest absolute Gasteiger partial charge is 0.524 e. The van der Waals surface area contributed by atoms with E-state index in [4.69, 9.17) is 3.63 Å². The molecular formula is C23H17F3O3S4. The Morgan fingerprint density at radius 3 is 1.67 bits per heavy atom. The molecule has 0 aliphatic heterocycles. The molecule has 0 aliphatic rings. The summed E-state index contributed by atoms with van der Waals surface area (Å²) in [7, 11) is -9.16. The summed E-state index contributed by atoms with van der Waals surface area (Å²) < 4.78 is 71.7. The van der Waals surface area contributed by atoms with Gasteiger partial charge in [0, 0.05) is 14.7 Å². The van der Waals surface area contributed by atoms with E-state index in [1.165, 1.54) is 23.1 Å². The molecule has 0 N–H and O–H groups in total. The van der Waals surface area contributed by atoms with Crippen molar-refractivity contribution < 1.29 is 25.2 Å². The standard InChI is InChI=1S/C23H17F3O3S4/c24-23(25,26)33(27,28)29-32(19-12-6-2-7-13-19,20-14-8-3-9-15-20)22-17-16-21(31-22)30-18-10-4-1-5-11-18/h1-17H. The molecule has 172 valence electrons. The summed E-state index contributed by atoms with van der Waals surface area (Å²) in [5.74, 6) is 0. The number of alkyl halides is 3. The second-order valence-corrected chi connectivity index (χ2v) is 13.8. The summed E-state index contributed by atoms with van der Waals surface area (Å²) in [5.41, 5.74) is -5.56. The minimum absolute atomic E-state index is 0.349. The quantitative estimate of drug-likeness (QED) is 0.229. The molecule has 33 heavy (non-hydrogen) atoms. The molecule has 0 fully saturated rings. The summed E-state index contributed by atoms with van der Waals surface area (Å²) >= 11 is 2.66. The van der Waals surface area contributed by atoms with Gasteiger partial charge >= 0.3 is 15.6 Å². The monoisotopic (exact) mass is 526 g/mol. The van der Waals surface area contributed by atoms with Crippen LogP contribution in [-0.4, -0.2) is 13.9 Å². The molecule has 3 nitrogen and oxygen atoms in total. The van der Waals surface area contributed by atoms with Crippen LogP contribution in [0.3, 0.4) is 0 Å². The van der Waals surface area contributed by atoms with E-state index < -0.39 is 25.9 Å². The molecule has 0 amide bonds. The molecule has 1 aromatic heterocycles. The van der Waals surface area contributed by atoms with E-state index in [9.17, 15) is 21.6 Å². The van der Waals surface area contributed by atoms with Crippen LogP contribution < -0.4 is 0 Å². The van der Waals surface area contributed by atoms with E-state index in [2.05, 4.69) is 0 Å². The van der Waals surface area contributed by atoms with Gasteiger partial charge in [-0.1, -0.05) is 66.4 Å². The molecule has 0 bridgehead atoms. The zero-order valence-corrected chi connectivity index (χ0v) is 20.1. The summed E-state index contributed by atoms with van der Waals surface area (Å²) in [5, 5.41) is 0. The topological polar surface area (TPSA) is 43.4 Å². The Hall–Kier alpha value is -2.24. The third kappa shape index (κ3) is 4.99. The van der Waals surface area contributed by atoms with E-state index in [0.29, 0.717) is 14.0 Å². The highest BCUT2D eigenvalue weighted by Gasteiger charge is 2.52. The molecule has 0 saturated heterocycles. The smallest absolute Gasteiger partial charge is 0.199 e. The Morgan fingerprint density at radius 1 is 0.697 bits per heavy atom. The molecule has 0 aliphatic carbocycles. The van der Waals surface area contributed by atoms with Gasteiger partial charge < -0.3 is 0 Å². The van der Waals surface area contributed by atoms with Crippen molar-refractivity contribution in [3.05, 3.63) is 103 Å². The van der Waals surface area contributed by atoms with Crippen molar-refractivity contribution in [2.45, 2.75) is 28.6 Å². The number of benzene rings is 3. The third-order valence-corrected chi connectivity index (χ3v) is 12.1. The average Bonchev–Trinajstić information content (AvgIpc) is 3.27. The lowest BCUT2D eigenvalue weighted by atomic mass is 10.4. The normalized spacial score (nSPS) is 13.1. The van der Waals surface area contributed by atoms with Gasteiger partial charge in [0.05, 0.1) is 8.42 Å². The van der Waals surface area contributed by atoms with E-state index in [0.717, 1.165) is 9.10 Å². The Labute approximate surface area is 199 Å². The van der Waals surface area contributed by atoms with Crippen LogP contribution >= 0.6 is 33.4 Å². The molecule has 1 heterocycles. The average molecular weight is 527 g/mol. The van der Waals surface area contributed by atoms with E-state index in [-0.39, 0.29) is 0 Å². The lowest BCUT2D eigenvalue weighted by Crippen LogP contribution is -2.27. The first-order valence-electron chi connectivity index (χ1n) is 9.51. The Bertz CT molecular complexity index is 1270. The van der Waals surface area contributed by atoms with Crippen LogP contribution in [0, 0.1) is 0 Å². The number of hydrogen-bond acceptors (Lipinski definition) is 5. The summed E-state index contributed by atoms with van der Waals surface area (Å²) in [6, 6.07) is 29.3. The van der Waals surface area contributed by atoms with Crippen LogP contribution in [0.2, 0.25) is 0 Å². The second-order valence-electron chi connectivity index (χ2n) is 6.64. The van der Waals surface area contributed by atoms with Gasteiger partial charge in [0.1, 0.15) is 0 Å². The summed E-state index contributed by atoms with van der Waals surface area (Å²) in [4.78, 5) is 1.65. The minimum atomic E-state index is -5.91. The minimum Gasteiger partial charge on any atom is -0.199 e. The van der Waals surface area contributed by atoms with Gasteiger partial charge in [-0.2, -0.15) is 25.2 Å². The molecule has 0 atom stereocenters. The van der Waals surface area contributed by atoms with Crippen LogP contribution in [0.1, 0.15) is 0 Å². The maximum Gasteiger partial charge on any atom is 0.524 e. The van der Waals surface area contributed by atoms with Crippen molar-refractivity contribution in [3.63, 3.8) is 0 Å². The molecule has 0 saturated carbocycles. The van der Waals surface area contributed by atoms with Gasteiger partial charge in [-0.05, 0) is 58.8 Å². The van der Waals surface area contributed by atoms with Gasteiger partial charge in [-0.15, -0.1) is 11.3 Å². The first-order valence-corrected chi connectivity index (χ1v) is 14.1. The van der Waals surface area contributed by atoms with Crippen molar-refractivity contribution in [3.8, 4) is 0 Å². The molecule has 10 heteroatoms. The molecule has 0 radical (unpaired) electrons. The number of thiophene rings is 1. The van der Waals surface area contributed by atoms with Crippen molar-refractivity contribution >= 4 is 43.5 Å². The van der Waals surface area contributed by atoms with Crippen molar-refractivity contribution in [1.82, 2.24) is 0 Å². The van der Waals surface area contributed by atoms with E-state index >= 15 is 0 Å². The zero-order chi connectivity index (χ0) is 23.5. The second kappa shape index (κ2) is 9.55. The fourth-order valence-electron chi connectivity index (χ4n) is 3.00. The molecule has 4 aromatic rings. The Balaban J connectivity index is 1.92. The highest BCUT2D eigenvalue weighted by Crippen LogP contribution is 2.72. The van der Waals surface area contributed by atoms with Crippen molar-refractivity contribution in [1.29, 1.82) is 0 Å². The lowest BCUT2D eigenvalue weighted by Gasteiger charge is -2.38. The zero-order valence-electron chi connectivity index (χ0n) is 16.8. The summed E-state index contributed by atoms with van der Waals surface area (Å²) in [6.07, 6.45) is 0. The van der Waals surface area contributed by atoms with Crippen LogP contribution in [0.4, 0.5) is 13.2 Å². The fraction of sp³-hybridized carbons (Fsp3) is 0.0435. The SMILES string of the molecule is O=S(=O)(OS(c1ccccc1)(c1ccccc1)c1ccc(Sc2ccccc2)s1)C(F)(F)F. The number of halogens is 3. The van der Waals surface area contributed by atoms with Crippen LogP contribution in [0.5, 0.6) is 0 Å². The summed E-state index contributed by atoms with van der Waals surface area (Å²) in [6.45, 7) is 0. The number of rotatable bonds is 7. The highest BCUT2D eigenvalue weighted by atomic mass is 32.3. The highest BCUT2D eigenvalue weighted by molar-refractivity contribution is 8.34. The maximum atomic E-state index is 13.5. The Kier molecular flexibility index (Phi) is 6.92. The van der Waals surface area contributed by atoms with Gasteiger partial charge in [-0.25, -0.2) is 0 Å².